The van der Waals surface area contributed by atoms with Gasteiger partial charge in [0, 0.05) is 18.2 Å². The van der Waals surface area contributed by atoms with Crippen molar-refractivity contribution in [2.75, 3.05) is 12.8 Å². The number of nitriles is 1. The highest BCUT2D eigenvalue weighted by Crippen LogP contribution is 2.40. The Balaban J connectivity index is 1.64. The van der Waals surface area contributed by atoms with Crippen molar-refractivity contribution in [3.8, 4) is 6.07 Å². The molecule has 3 rings (SSSR count). The molecule has 0 saturated heterocycles. The standard InChI is InChI=1S/C20H20N4O2S/c1-27-20-16(10-21)15(9-17(24-20)14-7-8-14)19(26)23-12-18(25)22-11-13-5-3-2-4-6-13/h2-6,9,14H,7-8,11-12H2,1H3,(H,22,25)(H,23,26). The number of pyridine rings is 1. The maximum Gasteiger partial charge on any atom is 0.253 e. The van der Waals surface area contributed by atoms with Crippen LogP contribution in [0.2, 0.25) is 0 Å². The first kappa shape index (κ1) is 18.9. The molecule has 2 N–H and O–H groups in total. The summed E-state index contributed by atoms with van der Waals surface area (Å²) in [6.07, 6.45) is 3.93. The van der Waals surface area contributed by atoms with Crippen LogP contribution in [-0.4, -0.2) is 29.6 Å². The Hall–Kier alpha value is -2.85. The number of hydrogen-bond donors (Lipinski definition) is 2. The molecule has 0 atom stereocenters. The molecule has 1 saturated carbocycles. The van der Waals surface area contributed by atoms with Crippen molar-refractivity contribution < 1.29 is 9.59 Å². The number of carbonyl (C=O) groups is 2. The maximum atomic E-state index is 12.6. The number of nitrogens with zero attached hydrogens (tertiary/aromatic N) is 2. The van der Waals surface area contributed by atoms with Crippen molar-refractivity contribution in [2.24, 2.45) is 0 Å². The molecule has 0 unspecified atom stereocenters. The molecule has 0 radical (unpaired) electrons. The monoisotopic (exact) mass is 380 g/mol. The van der Waals surface area contributed by atoms with E-state index in [-0.39, 0.29) is 23.6 Å². The molecule has 0 spiro atoms. The van der Waals surface area contributed by atoms with E-state index in [1.165, 1.54) is 11.8 Å². The van der Waals surface area contributed by atoms with Crippen LogP contribution in [-0.2, 0) is 11.3 Å². The molecule has 0 aliphatic heterocycles. The molecule has 6 nitrogen and oxygen atoms in total. The lowest BCUT2D eigenvalue weighted by Gasteiger charge is -2.11. The third-order valence-corrected chi connectivity index (χ3v) is 4.98. The first-order chi connectivity index (χ1) is 13.1. The molecule has 0 bridgehead atoms. The minimum Gasteiger partial charge on any atom is -0.350 e. The number of aromatic nitrogens is 1. The summed E-state index contributed by atoms with van der Waals surface area (Å²) in [6.45, 7) is 0.253. The van der Waals surface area contributed by atoms with Crippen molar-refractivity contribution in [1.82, 2.24) is 15.6 Å². The Kier molecular flexibility index (Phi) is 6.09. The number of rotatable bonds is 7. The van der Waals surface area contributed by atoms with Crippen LogP contribution in [0.1, 0.15) is 45.9 Å². The fourth-order valence-corrected chi connectivity index (χ4v) is 3.23. The number of benzene rings is 1. The Labute approximate surface area is 162 Å². The molecule has 1 aliphatic carbocycles. The van der Waals surface area contributed by atoms with E-state index in [0.717, 1.165) is 24.1 Å². The van der Waals surface area contributed by atoms with E-state index in [4.69, 9.17) is 0 Å². The number of hydrogen-bond acceptors (Lipinski definition) is 5. The average Bonchev–Trinajstić information content (AvgIpc) is 3.55. The number of amides is 2. The Morgan fingerprint density at radius 2 is 2.00 bits per heavy atom. The number of nitrogens with one attached hydrogen (secondary N) is 2. The van der Waals surface area contributed by atoms with Crippen molar-refractivity contribution in [1.29, 1.82) is 5.26 Å². The zero-order chi connectivity index (χ0) is 19.2. The molecular formula is C20H20N4O2S. The summed E-state index contributed by atoms with van der Waals surface area (Å²) in [4.78, 5) is 29.1. The van der Waals surface area contributed by atoms with Crippen LogP contribution in [0.15, 0.2) is 41.4 Å². The zero-order valence-corrected chi connectivity index (χ0v) is 15.8. The second kappa shape index (κ2) is 8.69. The molecule has 2 aromatic rings. The molecule has 7 heteroatoms. The average molecular weight is 380 g/mol. The van der Waals surface area contributed by atoms with Gasteiger partial charge in [0.2, 0.25) is 5.91 Å². The molecule has 1 aliphatic rings. The number of carbonyl (C=O) groups excluding carboxylic acids is 2. The van der Waals surface area contributed by atoms with E-state index in [1.807, 2.05) is 36.6 Å². The van der Waals surface area contributed by atoms with Gasteiger partial charge in [-0.2, -0.15) is 5.26 Å². The Morgan fingerprint density at radius 3 is 2.63 bits per heavy atom. The maximum absolute atomic E-state index is 12.6. The van der Waals surface area contributed by atoms with Crippen molar-refractivity contribution in [3.05, 3.63) is 58.8 Å². The first-order valence-corrected chi connectivity index (χ1v) is 9.92. The highest BCUT2D eigenvalue weighted by molar-refractivity contribution is 7.98. The van der Waals surface area contributed by atoms with Crippen molar-refractivity contribution in [2.45, 2.75) is 30.3 Å². The van der Waals surface area contributed by atoms with Crippen molar-refractivity contribution >= 4 is 23.6 Å². The van der Waals surface area contributed by atoms with Gasteiger partial charge in [-0.1, -0.05) is 30.3 Å². The SMILES string of the molecule is CSc1nc(C2CC2)cc(C(=O)NCC(=O)NCc2ccccc2)c1C#N. The largest absolute Gasteiger partial charge is 0.350 e. The third kappa shape index (κ3) is 4.86. The summed E-state index contributed by atoms with van der Waals surface area (Å²) in [5.74, 6) is -0.349. The first-order valence-electron chi connectivity index (χ1n) is 8.70. The lowest BCUT2D eigenvalue weighted by molar-refractivity contribution is -0.120. The fraction of sp³-hybridized carbons (Fsp3) is 0.300. The predicted molar refractivity (Wildman–Crippen MR) is 103 cm³/mol. The summed E-state index contributed by atoms with van der Waals surface area (Å²) in [7, 11) is 0. The van der Waals surface area contributed by atoms with Crippen LogP contribution >= 0.6 is 11.8 Å². The molecule has 1 aromatic heterocycles. The van der Waals surface area contributed by atoms with Crippen molar-refractivity contribution in [3.63, 3.8) is 0 Å². The van der Waals surface area contributed by atoms with Gasteiger partial charge in [-0.15, -0.1) is 11.8 Å². The van der Waals surface area contributed by atoms with E-state index in [9.17, 15) is 14.9 Å². The van der Waals surface area contributed by atoms with Crippen LogP contribution in [0.4, 0.5) is 0 Å². The second-order valence-corrected chi connectivity index (χ2v) is 7.10. The Bertz CT molecular complexity index is 889. The van der Waals surface area contributed by atoms with Gasteiger partial charge in [-0.3, -0.25) is 9.59 Å². The van der Waals surface area contributed by atoms with Gasteiger partial charge in [-0.25, -0.2) is 4.98 Å². The van der Waals surface area contributed by atoms with E-state index >= 15 is 0 Å². The summed E-state index contributed by atoms with van der Waals surface area (Å²) in [5.41, 5.74) is 2.37. The fourth-order valence-electron chi connectivity index (χ4n) is 2.68. The molecule has 27 heavy (non-hydrogen) atoms. The Morgan fingerprint density at radius 1 is 1.26 bits per heavy atom. The van der Waals surface area contributed by atoms with Crippen LogP contribution < -0.4 is 10.6 Å². The highest BCUT2D eigenvalue weighted by Gasteiger charge is 2.28. The summed E-state index contributed by atoms with van der Waals surface area (Å²) in [6, 6.07) is 13.3. The summed E-state index contributed by atoms with van der Waals surface area (Å²) >= 11 is 1.35. The lowest BCUT2D eigenvalue weighted by atomic mass is 10.1. The summed E-state index contributed by atoms with van der Waals surface area (Å²) < 4.78 is 0. The zero-order valence-electron chi connectivity index (χ0n) is 15.0. The van der Waals surface area contributed by atoms with Gasteiger partial charge in [0.05, 0.1) is 17.7 Å². The molecule has 138 valence electrons. The van der Waals surface area contributed by atoms with Crippen LogP contribution in [0.3, 0.4) is 0 Å². The molecular weight excluding hydrogens is 360 g/mol. The van der Waals surface area contributed by atoms with Gasteiger partial charge in [0.1, 0.15) is 11.1 Å². The van der Waals surface area contributed by atoms with Gasteiger partial charge >= 0.3 is 0 Å². The normalized spacial score (nSPS) is 12.9. The van der Waals surface area contributed by atoms with Crippen LogP contribution in [0.25, 0.3) is 0 Å². The minimum absolute atomic E-state index is 0.147. The van der Waals surface area contributed by atoms with Crippen LogP contribution in [0.5, 0.6) is 0 Å². The lowest BCUT2D eigenvalue weighted by Crippen LogP contribution is -2.37. The van der Waals surface area contributed by atoms with Gasteiger partial charge in [-0.05, 0) is 30.7 Å². The smallest absolute Gasteiger partial charge is 0.253 e. The van der Waals surface area contributed by atoms with Gasteiger partial charge in [0.15, 0.2) is 0 Å². The van der Waals surface area contributed by atoms with E-state index in [2.05, 4.69) is 21.7 Å². The van der Waals surface area contributed by atoms with Crippen LogP contribution in [0, 0.1) is 11.3 Å². The quantitative estimate of drug-likeness (QED) is 0.720. The molecule has 2 amide bonds. The van der Waals surface area contributed by atoms with Gasteiger partial charge in [0.25, 0.3) is 5.91 Å². The summed E-state index contributed by atoms with van der Waals surface area (Å²) in [5, 5.41) is 15.4. The van der Waals surface area contributed by atoms with E-state index in [1.54, 1.807) is 6.07 Å². The predicted octanol–water partition coefficient (Wildman–Crippen LogP) is 2.60. The van der Waals surface area contributed by atoms with Gasteiger partial charge < -0.3 is 10.6 Å². The molecule has 1 aromatic carbocycles. The third-order valence-electron chi connectivity index (χ3n) is 4.29. The molecule has 1 heterocycles. The highest BCUT2D eigenvalue weighted by atomic mass is 32.2. The molecule has 1 fully saturated rings. The minimum atomic E-state index is -0.430. The topological polar surface area (TPSA) is 94.9 Å². The van der Waals surface area contributed by atoms with E-state index in [0.29, 0.717) is 17.5 Å². The number of thioether (sulfide) groups is 1. The van der Waals surface area contributed by atoms with E-state index < -0.39 is 5.91 Å². The second-order valence-electron chi connectivity index (χ2n) is 6.31.